The van der Waals surface area contributed by atoms with E-state index in [1.807, 2.05) is 6.07 Å². The van der Waals surface area contributed by atoms with Gasteiger partial charge in [-0.3, -0.25) is 0 Å². The van der Waals surface area contributed by atoms with E-state index in [1.165, 1.54) is 0 Å². The maximum atomic E-state index is 9.05. The van der Waals surface area contributed by atoms with Crippen LogP contribution in [0.4, 0.5) is 0 Å². The SMILES string of the molecule is CCCC#Cc1ccccc1C(O)O. The van der Waals surface area contributed by atoms with Gasteiger partial charge in [-0.2, -0.15) is 0 Å². The van der Waals surface area contributed by atoms with Gasteiger partial charge in [0.05, 0.1) is 0 Å². The summed E-state index contributed by atoms with van der Waals surface area (Å²) in [6.45, 7) is 2.06. The van der Waals surface area contributed by atoms with Crippen molar-refractivity contribution in [1.82, 2.24) is 0 Å². The van der Waals surface area contributed by atoms with Crippen molar-refractivity contribution in [3.63, 3.8) is 0 Å². The van der Waals surface area contributed by atoms with Crippen molar-refractivity contribution in [3.05, 3.63) is 35.4 Å². The molecular weight excluding hydrogens is 176 g/mol. The average Bonchev–Trinajstić information content (AvgIpc) is 2.19. The molecule has 1 aromatic rings. The van der Waals surface area contributed by atoms with Gasteiger partial charge in [-0.25, -0.2) is 0 Å². The molecule has 74 valence electrons. The van der Waals surface area contributed by atoms with Gasteiger partial charge in [-0.05, 0) is 12.5 Å². The zero-order valence-corrected chi connectivity index (χ0v) is 8.20. The Bertz CT molecular complexity index is 345. The van der Waals surface area contributed by atoms with Crippen molar-refractivity contribution in [2.75, 3.05) is 0 Å². The van der Waals surface area contributed by atoms with Crippen molar-refractivity contribution >= 4 is 0 Å². The molecular formula is C12H14O2. The molecule has 0 fully saturated rings. The van der Waals surface area contributed by atoms with Gasteiger partial charge in [0, 0.05) is 17.5 Å². The number of benzene rings is 1. The van der Waals surface area contributed by atoms with Crippen LogP contribution in [-0.2, 0) is 0 Å². The lowest BCUT2D eigenvalue weighted by Crippen LogP contribution is -1.97. The number of rotatable bonds is 2. The lowest BCUT2D eigenvalue weighted by Gasteiger charge is -2.05. The molecule has 0 saturated heterocycles. The molecule has 0 unspecified atom stereocenters. The molecule has 1 aromatic carbocycles. The lowest BCUT2D eigenvalue weighted by atomic mass is 10.1. The summed E-state index contributed by atoms with van der Waals surface area (Å²) in [7, 11) is 0. The van der Waals surface area contributed by atoms with Gasteiger partial charge in [-0.15, -0.1) is 0 Å². The first kappa shape index (κ1) is 10.8. The predicted molar refractivity (Wildman–Crippen MR) is 55.4 cm³/mol. The monoisotopic (exact) mass is 190 g/mol. The Kier molecular flexibility index (Phi) is 4.18. The molecule has 0 aliphatic rings. The van der Waals surface area contributed by atoms with Gasteiger partial charge in [0.25, 0.3) is 0 Å². The van der Waals surface area contributed by atoms with Crippen LogP contribution in [0.25, 0.3) is 0 Å². The minimum Gasteiger partial charge on any atom is -0.364 e. The first-order valence-corrected chi connectivity index (χ1v) is 4.69. The van der Waals surface area contributed by atoms with Gasteiger partial charge >= 0.3 is 0 Å². The predicted octanol–water partition coefficient (Wildman–Crippen LogP) is 1.82. The standard InChI is InChI=1S/C12H14O2/c1-2-3-4-7-10-8-5-6-9-11(10)12(13)14/h5-6,8-9,12-14H,2-3H2,1H3. The van der Waals surface area contributed by atoms with Gasteiger partial charge in [-0.1, -0.05) is 37.0 Å². The summed E-state index contributed by atoms with van der Waals surface area (Å²) in [4.78, 5) is 0. The van der Waals surface area contributed by atoms with Crippen molar-refractivity contribution in [2.24, 2.45) is 0 Å². The Morgan fingerprint density at radius 3 is 2.64 bits per heavy atom. The van der Waals surface area contributed by atoms with Gasteiger partial charge < -0.3 is 10.2 Å². The highest BCUT2D eigenvalue weighted by atomic mass is 16.5. The molecule has 0 atom stereocenters. The minimum atomic E-state index is -1.44. The molecule has 0 radical (unpaired) electrons. The Labute approximate surface area is 84.2 Å². The van der Waals surface area contributed by atoms with Crippen LogP contribution >= 0.6 is 0 Å². The van der Waals surface area contributed by atoms with Crippen molar-refractivity contribution in [2.45, 2.75) is 26.1 Å². The van der Waals surface area contributed by atoms with Gasteiger partial charge in [0.1, 0.15) is 0 Å². The van der Waals surface area contributed by atoms with Crippen molar-refractivity contribution < 1.29 is 10.2 Å². The number of unbranched alkanes of at least 4 members (excludes halogenated alkanes) is 1. The van der Waals surface area contributed by atoms with Gasteiger partial charge in [0.15, 0.2) is 6.29 Å². The van der Waals surface area contributed by atoms with E-state index in [9.17, 15) is 0 Å². The molecule has 0 amide bonds. The Hall–Kier alpha value is -1.30. The second kappa shape index (κ2) is 5.43. The molecule has 0 heterocycles. The summed E-state index contributed by atoms with van der Waals surface area (Å²) in [5.41, 5.74) is 1.16. The first-order valence-electron chi connectivity index (χ1n) is 4.69. The van der Waals surface area contributed by atoms with Crippen molar-refractivity contribution in [1.29, 1.82) is 0 Å². The topological polar surface area (TPSA) is 40.5 Å². The van der Waals surface area contributed by atoms with Crippen LogP contribution in [0.2, 0.25) is 0 Å². The minimum absolute atomic E-state index is 0.469. The van der Waals surface area contributed by atoms with E-state index in [0.29, 0.717) is 11.1 Å². The Morgan fingerprint density at radius 1 is 1.29 bits per heavy atom. The highest BCUT2D eigenvalue weighted by molar-refractivity contribution is 5.41. The third kappa shape index (κ3) is 2.88. The van der Waals surface area contributed by atoms with Crippen LogP contribution in [0.3, 0.4) is 0 Å². The normalized spacial score (nSPS) is 9.71. The molecule has 0 aromatic heterocycles. The third-order valence-corrected chi connectivity index (χ3v) is 1.84. The molecule has 2 N–H and O–H groups in total. The average molecular weight is 190 g/mol. The van der Waals surface area contributed by atoms with Crippen LogP contribution in [0.5, 0.6) is 0 Å². The highest BCUT2D eigenvalue weighted by Gasteiger charge is 2.05. The van der Waals surface area contributed by atoms with Crippen LogP contribution < -0.4 is 0 Å². The summed E-state index contributed by atoms with van der Waals surface area (Å²) in [5, 5.41) is 18.1. The first-order chi connectivity index (χ1) is 6.75. The van der Waals surface area contributed by atoms with E-state index in [1.54, 1.807) is 18.2 Å². The van der Waals surface area contributed by atoms with Crippen LogP contribution in [0, 0.1) is 11.8 Å². The summed E-state index contributed by atoms with van der Waals surface area (Å²) in [6.07, 6.45) is 0.398. The van der Waals surface area contributed by atoms with Crippen LogP contribution in [0.1, 0.15) is 37.2 Å². The van der Waals surface area contributed by atoms with Crippen LogP contribution in [0.15, 0.2) is 24.3 Å². The fraction of sp³-hybridized carbons (Fsp3) is 0.333. The molecule has 0 bridgehead atoms. The highest BCUT2D eigenvalue weighted by Crippen LogP contribution is 2.14. The zero-order chi connectivity index (χ0) is 10.4. The second-order valence-electron chi connectivity index (χ2n) is 3.01. The number of aliphatic hydroxyl groups is 2. The number of hydrogen-bond donors (Lipinski definition) is 2. The molecule has 0 aliphatic carbocycles. The molecule has 14 heavy (non-hydrogen) atoms. The Morgan fingerprint density at radius 2 is 2.00 bits per heavy atom. The maximum Gasteiger partial charge on any atom is 0.179 e. The van der Waals surface area contributed by atoms with E-state index < -0.39 is 6.29 Å². The van der Waals surface area contributed by atoms with E-state index in [4.69, 9.17) is 10.2 Å². The number of hydrogen-bond acceptors (Lipinski definition) is 2. The lowest BCUT2D eigenvalue weighted by molar-refractivity contribution is -0.0426. The maximum absolute atomic E-state index is 9.05. The molecule has 0 aliphatic heterocycles. The van der Waals surface area contributed by atoms with Gasteiger partial charge in [0.2, 0.25) is 0 Å². The third-order valence-electron chi connectivity index (χ3n) is 1.84. The van der Waals surface area contributed by atoms with E-state index in [0.717, 1.165) is 12.8 Å². The summed E-state index contributed by atoms with van der Waals surface area (Å²) < 4.78 is 0. The summed E-state index contributed by atoms with van der Waals surface area (Å²) in [5.74, 6) is 5.90. The fourth-order valence-corrected chi connectivity index (χ4v) is 1.12. The molecule has 2 heteroatoms. The quantitative estimate of drug-likeness (QED) is 0.551. The van der Waals surface area contributed by atoms with E-state index >= 15 is 0 Å². The van der Waals surface area contributed by atoms with E-state index in [2.05, 4.69) is 18.8 Å². The Balaban J connectivity index is 2.92. The van der Waals surface area contributed by atoms with Crippen LogP contribution in [-0.4, -0.2) is 10.2 Å². The largest absolute Gasteiger partial charge is 0.364 e. The molecule has 2 nitrogen and oxygen atoms in total. The molecule has 1 rings (SSSR count). The van der Waals surface area contributed by atoms with Crippen molar-refractivity contribution in [3.8, 4) is 11.8 Å². The molecule has 0 saturated carbocycles. The smallest absolute Gasteiger partial charge is 0.179 e. The fourth-order valence-electron chi connectivity index (χ4n) is 1.12. The van der Waals surface area contributed by atoms with E-state index in [-0.39, 0.29) is 0 Å². The zero-order valence-electron chi connectivity index (χ0n) is 8.20. The summed E-state index contributed by atoms with van der Waals surface area (Å²) in [6, 6.07) is 7.06. The molecule has 0 spiro atoms. The second-order valence-corrected chi connectivity index (χ2v) is 3.01. The summed E-state index contributed by atoms with van der Waals surface area (Å²) >= 11 is 0. The number of aliphatic hydroxyl groups excluding tert-OH is 1.